The number of aromatic amines is 1. The van der Waals surface area contributed by atoms with Gasteiger partial charge in [0.25, 0.3) is 0 Å². The van der Waals surface area contributed by atoms with Gasteiger partial charge in [0.15, 0.2) is 0 Å². The molecule has 1 atom stereocenters. The van der Waals surface area contributed by atoms with Crippen molar-refractivity contribution in [1.82, 2.24) is 20.7 Å². The van der Waals surface area contributed by atoms with Crippen molar-refractivity contribution in [3.8, 4) is 5.75 Å². The van der Waals surface area contributed by atoms with Gasteiger partial charge in [-0.1, -0.05) is 25.1 Å². The van der Waals surface area contributed by atoms with E-state index in [0.717, 1.165) is 23.6 Å². The van der Waals surface area contributed by atoms with Gasteiger partial charge in [-0.3, -0.25) is 0 Å². The summed E-state index contributed by atoms with van der Waals surface area (Å²) in [4.78, 5) is 0. The second-order valence-electron chi connectivity index (χ2n) is 4.26. The van der Waals surface area contributed by atoms with E-state index >= 15 is 0 Å². The summed E-state index contributed by atoms with van der Waals surface area (Å²) in [5, 5.41) is 14.1. The molecular weight excluding hydrogens is 256 g/mol. The van der Waals surface area contributed by atoms with Crippen molar-refractivity contribution in [2.45, 2.75) is 13.0 Å². The number of hydrogen-bond donors (Lipinski definition) is 2. The molecule has 0 bridgehead atoms. The number of hydrogen-bond acceptors (Lipinski definition) is 5. The van der Waals surface area contributed by atoms with Gasteiger partial charge in [0.2, 0.25) is 0 Å². The van der Waals surface area contributed by atoms with Crippen LogP contribution in [0, 0.1) is 0 Å². The molecule has 0 spiro atoms. The van der Waals surface area contributed by atoms with Crippen LogP contribution in [0.4, 0.5) is 0 Å². The van der Waals surface area contributed by atoms with Crippen LogP contribution in [0.3, 0.4) is 0 Å². The Bertz CT molecular complexity index is 502. The van der Waals surface area contributed by atoms with Crippen LogP contribution in [0.5, 0.6) is 5.75 Å². The molecule has 0 aliphatic heterocycles. The Hall–Kier alpha value is -1.92. The number of ether oxygens (including phenoxy) is 2. The summed E-state index contributed by atoms with van der Waals surface area (Å²) < 4.78 is 10.8. The SMILES string of the molecule is CCNC(c1cn[nH]n1)c1ccccc1OCCOC. The minimum Gasteiger partial charge on any atom is -0.491 e. The van der Waals surface area contributed by atoms with Crippen LogP contribution in [0.25, 0.3) is 0 Å². The molecule has 2 N–H and O–H groups in total. The first-order chi connectivity index (χ1) is 9.86. The predicted molar refractivity (Wildman–Crippen MR) is 75.7 cm³/mol. The Labute approximate surface area is 118 Å². The molecule has 6 nitrogen and oxygen atoms in total. The van der Waals surface area contributed by atoms with E-state index in [9.17, 15) is 0 Å². The highest BCUT2D eigenvalue weighted by Crippen LogP contribution is 2.28. The molecule has 0 radical (unpaired) electrons. The largest absolute Gasteiger partial charge is 0.491 e. The normalized spacial score (nSPS) is 12.3. The van der Waals surface area contributed by atoms with Gasteiger partial charge in [-0.15, -0.1) is 0 Å². The highest BCUT2D eigenvalue weighted by molar-refractivity contribution is 5.39. The lowest BCUT2D eigenvalue weighted by Crippen LogP contribution is -2.23. The number of H-pyrrole nitrogens is 1. The molecule has 0 saturated carbocycles. The maximum Gasteiger partial charge on any atom is 0.124 e. The maximum absolute atomic E-state index is 5.78. The third-order valence-corrected chi connectivity index (χ3v) is 2.91. The number of nitrogens with zero attached hydrogens (tertiary/aromatic N) is 2. The van der Waals surface area contributed by atoms with Crippen LogP contribution in [-0.2, 0) is 4.74 Å². The lowest BCUT2D eigenvalue weighted by Gasteiger charge is -2.19. The number of para-hydroxylation sites is 1. The monoisotopic (exact) mass is 276 g/mol. The van der Waals surface area contributed by atoms with Crippen LogP contribution in [0.2, 0.25) is 0 Å². The summed E-state index contributed by atoms with van der Waals surface area (Å²) in [6.07, 6.45) is 1.72. The molecule has 0 saturated heterocycles. The summed E-state index contributed by atoms with van der Waals surface area (Å²) in [6.45, 7) is 3.96. The molecule has 0 aliphatic rings. The minimum absolute atomic E-state index is 0.0440. The third kappa shape index (κ3) is 3.55. The standard InChI is InChI=1S/C14H20N4O2/c1-3-15-14(12-10-16-18-17-12)11-6-4-5-7-13(11)20-9-8-19-2/h4-7,10,14-15H,3,8-9H2,1-2H3,(H,16,17,18). The molecule has 1 aromatic heterocycles. The lowest BCUT2D eigenvalue weighted by atomic mass is 10.0. The van der Waals surface area contributed by atoms with E-state index in [4.69, 9.17) is 9.47 Å². The fourth-order valence-electron chi connectivity index (χ4n) is 2.01. The first-order valence-corrected chi connectivity index (χ1v) is 6.66. The van der Waals surface area contributed by atoms with Crippen LogP contribution in [0.15, 0.2) is 30.5 Å². The molecule has 6 heteroatoms. The molecule has 1 unspecified atom stereocenters. The van der Waals surface area contributed by atoms with E-state index in [1.54, 1.807) is 13.3 Å². The molecule has 2 rings (SSSR count). The van der Waals surface area contributed by atoms with E-state index in [-0.39, 0.29) is 6.04 Å². The summed E-state index contributed by atoms with van der Waals surface area (Å²) in [5.74, 6) is 0.832. The topological polar surface area (TPSA) is 72.1 Å². The zero-order valence-corrected chi connectivity index (χ0v) is 11.8. The van der Waals surface area contributed by atoms with Crippen molar-refractivity contribution >= 4 is 0 Å². The van der Waals surface area contributed by atoms with Gasteiger partial charge in [-0.25, -0.2) is 0 Å². The van der Waals surface area contributed by atoms with Crippen molar-refractivity contribution in [2.24, 2.45) is 0 Å². The number of nitrogens with one attached hydrogen (secondary N) is 2. The molecule has 0 fully saturated rings. The molecule has 1 heterocycles. The highest BCUT2D eigenvalue weighted by Gasteiger charge is 2.19. The maximum atomic E-state index is 5.78. The zero-order valence-electron chi connectivity index (χ0n) is 11.8. The average molecular weight is 276 g/mol. The third-order valence-electron chi connectivity index (χ3n) is 2.91. The van der Waals surface area contributed by atoms with E-state index in [0.29, 0.717) is 13.2 Å². The van der Waals surface area contributed by atoms with E-state index in [1.807, 2.05) is 24.3 Å². The van der Waals surface area contributed by atoms with Crippen molar-refractivity contribution < 1.29 is 9.47 Å². The van der Waals surface area contributed by atoms with Crippen molar-refractivity contribution in [1.29, 1.82) is 0 Å². The van der Waals surface area contributed by atoms with Gasteiger partial charge >= 0.3 is 0 Å². The molecule has 1 aromatic carbocycles. The Kier molecular flexibility index (Phi) is 5.52. The molecule has 20 heavy (non-hydrogen) atoms. The zero-order chi connectivity index (χ0) is 14.2. The fraction of sp³-hybridized carbons (Fsp3) is 0.429. The van der Waals surface area contributed by atoms with E-state index < -0.39 is 0 Å². The molecule has 108 valence electrons. The molecule has 0 amide bonds. The summed E-state index contributed by atoms with van der Waals surface area (Å²) in [7, 11) is 1.66. The minimum atomic E-state index is -0.0440. The van der Waals surface area contributed by atoms with Gasteiger partial charge in [0, 0.05) is 12.7 Å². The van der Waals surface area contributed by atoms with Crippen molar-refractivity contribution in [2.75, 3.05) is 26.9 Å². The Morgan fingerprint density at radius 3 is 2.85 bits per heavy atom. The smallest absolute Gasteiger partial charge is 0.124 e. The number of aromatic nitrogens is 3. The summed E-state index contributed by atoms with van der Waals surface area (Å²) >= 11 is 0. The van der Waals surface area contributed by atoms with Crippen LogP contribution >= 0.6 is 0 Å². The average Bonchev–Trinajstić information content (AvgIpc) is 3.00. The van der Waals surface area contributed by atoms with E-state index in [1.165, 1.54) is 0 Å². The van der Waals surface area contributed by atoms with Gasteiger partial charge in [-0.2, -0.15) is 15.4 Å². The van der Waals surface area contributed by atoms with Gasteiger partial charge < -0.3 is 14.8 Å². The van der Waals surface area contributed by atoms with Crippen molar-refractivity contribution in [3.05, 3.63) is 41.7 Å². The van der Waals surface area contributed by atoms with Gasteiger partial charge in [0.05, 0.1) is 18.8 Å². The first-order valence-electron chi connectivity index (χ1n) is 6.66. The quantitative estimate of drug-likeness (QED) is 0.715. The van der Waals surface area contributed by atoms with Crippen LogP contribution < -0.4 is 10.1 Å². The number of methoxy groups -OCH3 is 1. The fourth-order valence-corrected chi connectivity index (χ4v) is 2.01. The second kappa shape index (κ2) is 7.62. The van der Waals surface area contributed by atoms with Gasteiger partial charge in [-0.05, 0) is 12.6 Å². The Morgan fingerprint density at radius 1 is 1.30 bits per heavy atom. The van der Waals surface area contributed by atoms with E-state index in [2.05, 4.69) is 27.7 Å². The van der Waals surface area contributed by atoms with Crippen molar-refractivity contribution in [3.63, 3.8) is 0 Å². The Balaban J connectivity index is 2.23. The highest BCUT2D eigenvalue weighted by atomic mass is 16.5. The Morgan fingerprint density at radius 2 is 2.15 bits per heavy atom. The first kappa shape index (κ1) is 14.5. The molecule has 2 aromatic rings. The number of benzene rings is 1. The molecular formula is C14H20N4O2. The summed E-state index contributed by atoms with van der Waals surface area (Å²) in [6, 6.07) is 7.89. The van der Waals surface area contributed by atoms with Crippen LogP contribution in [0.1, 0.15) is 24.2 Å². The lowest BCUT2D eigenvalue weighted by molar-refractivity contribution is 0.145. The summed E-state index contributed by atoms with van der Waals surface area (Å²) in [5.41, 5.74) is 1.88. The second-order valence-corrected chi connectivity index (χ2v) is 4.26. The predicted octanol–water partition coefficient (Wildman–Crippen LogP) is 1.53. The van der Waals surface area contributed by atoms with Crippen LogP contribution in [-0.4, -0.2) is 42.3 Å². The van der Waals surface area contributed by atoms with Gasteiger partial charge in [0.1, 0.15) is 18.1 Å². The molecule has 0 aliphatic carbocycles. The number of rotatable bonds is 8.